The summed E-state index contributed by atoms with van der Waals surface area (Å²) in [7, 11) is 1.18. The Bertz CT molecular complexity index is 313. The van der Waals surface area contributed by atoms with Gasteiger partial charge in [-0.2, -0.15) is 0 Å². The Morgan fingerprint density at radius 3 is 2.31 bits per heavy atom. The van der Waals surface area contributed by atoms with Crippen molar-refractivity contribution in [3.05, 3.63) is 23.2 Å². The summed E-state index contributed by atoms with van der Waals surface area (Å²) in [4.78, 5) is 0. The van der Waals surface area contributed by atoms with Crippen LogP contribution in [0.15, 0.2) is 18.2 Å². The Hall–Kier alpha value is -0.835. The van der Waals surface area contributed by atoms with E-state index < -0.39 is 12.4 Å². The summed E-state index contributed by atoms with van der Waals surface area (Å²) < 4.78 is 41.7. The molecular formula is C7H6BClF3O-. The maximum atomic E-state index is 12.4. The molecule has 0 aliphatic heterocycles. The average molecular weight is 209 g/mol. The summed E-state index contributed by atoms with van der Waals surface area (Å²) in [6, 6.07) is 3.83. The van der Waals surface area contributed by atoms with Gasteiger partial charge in [-0.1, -0.05) is 17.7 Å². The van der Waals surface area contributed by atoms with Crippen LogP contribution in [-0.4, -0.2) is 14.1 Å². The minimum absolute atomic E-state index is 0.236. The molecule has 6 heteroatoms. The summed E-state index contributed by atoms with van der Waals surface area (Å²) >= 11 is 5.41. The summed E-state index contributed by atoms with van der Waals surface area (Å²) in [5.41, 5.74) is -0.869. The first kappa shape index (κ1) is 10.2. The van der Waals surface area contributed by atoms with Gasteiger partial charge in [0.25, 0.3) is 0 Å². The van der Waals surface area contributed by atoms with Crippen LogP contribution < -0.4 is 10.2 Å². The molecule has 0 heterocycles. The third-order valence-electron chi connectivity index (χ3n) is 1.56. The van der Waals surface area contributed by atoms with Crippen molar-refractivity contribution in [3.8, 4) is 5.75 Å². The highest BCUT2D eigenvalue weighted by Gasteiger charge is 2.31. The Kier molecular flexibility index (Phi) is 2.76. The standard InChI is InChI=1S/C7H6BClF3O/c1-13-6-4-2-3-5(9)7(6)8(10,11)12/h2-4H,1H3/q-1. The summed E-state index contributed by atoms with van der Waals surface area (Å²) in [6.45, 7) is -5.12. The second kappa shape index (κ2) is 3.50. The number of rotatable bonds is 2. The lowest BCUT2D eigenvalue weighted by atomic mass is 9.79. The van der Waals surface area contributed by atoms with Gasteiger partial charge in [0.05, 0.1) is 12.9 Å². The topological polar surface area (TPSA) is 9.23 Å². The molecule has 0 N–H and O–H groups in total. The van der Waals surface area contributed by atoms with Crippen molar-refractivity contribution in [3.63, 3.8) is 0 Å². The molecule has 13 heavy (non-hydrogen) atoms. The van der Waals surface area contributed by atoms with Crippen molar-refractivity contribution in [1.82, 2.24) is 0 Å². The van der Waals surface area contributed by atoms with Crippen molar-refractivity contribution in [2.24, 2.45) is 0 Å². The number of hydrogen-bond acceptors (Lipinski definition) is 1. The number of benzene rings is 1. The molecule has 1 nitrogen and oxygen atoms in total. The highest BCUT2D eigenvalue weighted by molar-refractivity contribution is 6.76. The van der Waals surface area contributed by atoms with Crippen molar-refractivity contribution in [2.45, 2.75) is 0 Å². The monoisotopic (exact) mass is 209 g/mol. The SMILES string of the molecule is COc1cccc(Cl)c1[B-](F)(F)F. The molecule has 0 saturated heterocycles. The molecule has 0 fully saturated rings. The second-order valence-corrected chi connectivity index (χ2v) is 2.84. The molecule has 0 atom stereocenters. The first-order valence-corrected chi connectivity index (χ1v) is 3.87. The van der Waals surface area contributed by atoms with Crippen LogP contribution >= 0.6 is 11.6 Å². The lowest BCUT2D eigenvalue weighted by Crippen LogP contribution is -2.36. The average Bonchev–Trinajstić information content (AvgIpc) is 2.01. The van der Waals surface area contributed by atoms with E-state index in [1.54, 1.807) is 0 Å². The van der Waals surface area contributed by atoms with Gasteiger partial charge in [-0.3, -0.25) is 0 Å². The molecule has 1 aromatic carbocycles. The van der Waals surface area contributed by atoms with Crippen LogP contribution in [0.3, 0.4) is 0 Å². The normalized spacial score (nSPS) is 11.5. The van der Waals surface area contributed by atoms with Gasteiger partial charge in [0.15, 0.2) is 0 Å². The quantitative estimate of drug-likeness (QED) is 0.680. The van der Waals surface area contributed by atoms with Crippen LogP contribution in [0.1, 0.15) is 0 Å². The lowest BCUT2D eigenvalue weighted by molar-refractivity contribution is 0.412. The first-order chi connectivity index (χ1) is 5.96. The fourth-order valence-electron chi connectivity index (χ4n) is 1.01. The van der Waals surface area contributed by atoms with Gasteiger partial charge in [0, 0.05) is 5.02 Å². The molecular weight excluding hydrogens is 203 g/mol. The molecule has 72 valence electrons. The molecule has 0 bridgehead atoms. The third kappa shape index (κ3) is 2.09. The number of halogens is 4. The number of ether oxygens (including phenoxy) is 1. The molecule has 0 aliphatic carbocycles. The largest absolute Gasteiger partial charge is 0.514 e. The fraction of sp³-hybridized carbons (Fsp3) is 0.143. The van der Waals surface area contributed by atoms with E-state index in [0.717, 1.165) is 0 Å². The van der Waals surface area contributed by atoms with E-state index in [4.69, 9.17) is 11.6 Å². The van der Waals surface area contributed by atoms with Crippen LogP contribution in [0.2, 0.25) is 5.02 Å². The van der Waals surface area contributed by atoms with E-state index in [9.17, 15) is 12.9 Å². The Morgan fingerprint density at radius 1 is 1.31 bits per heavy atom. The van der Waals surface area contributed by atoms with Gasteiger partial charge in [-0.05, 0) is 17.6 Å². The fourth-order valence-corrected chi connectivity index (χ4v) is 1.30. The van der Waals surface area contributed by atoms with Gasteiger partial charge in [0.1, 0.15) is 0 Å². The highest BCUT2D eigenvalue weighted by Crippen LogP contribution is 2.22. The number of methoxy groups -OCH3 is 1. The molecule has 1 aromatic rings. The van der Waals surface area contributed by atoms with Gasteiger partial charge in [0.2, 0.25) is 0 Å². The first-order valence-electron chi connectivity index (χ1n) is 3.49. The highest BCUT2D eigenvalue weighted by atomic mass is 35.5. The van der Waals surface area contributed by atoms with E-state index in [1.165, 1.54) is 25.3 Å². The predicted octanol–water partition coefficient (Wildman–Crippen LogP) is 2.40. The second-order valence-electron chi connectivity index (χ2n) is 2.43. The van der Waals surface area contributed by atoms with Gasteiger partial charge in [-0.15, -0.1) is 0 Å². The smallest absolute Gasteiger partial charge is 0.500 e. The summed E-state index contributed by atoms with van der Waals surface area (Å²) in [5.74, 6) is -0.236. The van der Waals surface area contributed by atoms with Crippen molar-refractivity contribution < 1.29 is 17.7 Å². The zero-order valence-corrected chi connectivity index (χ0v) is 7.49. The summed E-state index contributed by atoms with van der Waals surface area (Å²) in [5, 5.41) is -0.327. The van der Waals surface area contributed by atoms with Crippen LogP contribution in [0.25, 0.3) is 0 Å². The van der Waals surface area contributed by atoms with Crippen molar-refractivity contribution >= 4 is 24.0 Å². The third-order valence-corrected chi connectivity index (χ3v) is 1.89. The predicted molar refractivity (Wildman–Crippen MR) is 46.7 cm³/mol. The molecule has 0 unspecified atom stereocenters. The molecule has 0 aromatic heterocycles. The zero-order chi connectivity index (χ0) is 10.1. The van der Waals surface area contributed by atoms with Gasteiger partial charge in [-0.25, -0.2) is 0 Å². The number of hydrogen-bond donors (Lipinski definition) is 0. The van der Waals surface area contributed by atoms with Crippen LogP contribution in [0.4, 0.5) is 12.9 Å². The van der Waals surface area contributed by atoms with Crippen LogP contribution in [-0.2, 0) is 0 Å². The van der Waals surface area contributed by atoms with E-state index in [-0.39, 0.29) is 10.8 Å². The summed E-state index contributed by atoms with van der Waals surface area (Å²) in [6.07, 6.45) is 0. The maximum absolute atomic E-state index is 12.4. The van der Waals surface area contributed by atoms with Crippen LogP contribution in [0, 0.1) is 0 Å². The van der Waals surface area contributed by atoms with E-state index in [1.807, 2.05) is 0 Å². The van der Waals surface area contributed by atoms with E-state index >= 15 is 0 Å². The minimum atomic E-state index is -5.12. The van der Waals surface area contributed by atoms with Crippen molar-refractivity contribution in [1.29, 1.82) is 0 Å². The van der Waals surface area contributed by atoms with Crippen molar-refractivity contribution in [2.75, 3.05) is 7.11 Å². The van der Waals surface area contributed by atoms with E-state index in [0.29, 0.717) is 0 Å². The molecule has 0 saturated carbocycles. The Labute approximate surface area is 78.5 Å². The lowest BCUT2D eigenvalue weighted by Gasteiger charge is -2.19. The van der Waals surface area contributed by atoms with Gasteiger partial charge < -0.3 is 17.7 Å². The zero-order valence-electron chi connectivity index (χ0n) is 6.73. The Balaban J connectivity index is 3.32. The Morgan fingerprint density at radius 2 is 1.92 bits per heavy atom. The molecule has 0 radical (unpaired) electrons. The van der Waals surface area contributed by atoms with Gasteiger partial charge >= 0.3 is 6.98 Å². The molecule has 0 amide bonds. The van der Waals surface area contributed by atoms with E-state index in [2.05, 4.69) is 4.74 Å². The molecule has 0 spiro atoms. The molecule has 1 rings (SSSR count). The maximum Gasteiger partial charge on any atom is 0.514 e. The minimum Gasteiger partial charge on any atom is -0.500 e. The molecule has 0 aliphatic rings. The van der Waals surface area contributed by atoms with Crippen LogP contribution in [0.5, 0.6) is 5.75 Å².